The van der Waals surface area contributed by atoms with E-state index in [1.165, 1.54) is 43.5 Å². The number of carbonyl (C=O) groups is 1. The van der Waals surface area contributed by atoms with Crippen LogP contribution >= 0.6 is 0 Å². The summed E-state index contributed by atoms with van der Waals surface area (Å²) < 4.78 is 36.9. The van der Waals surface area contributed by atoms with E-state index in [-0.39, 0.29) is 10.6 Å². The lowest BCUT2D eigenvalue weighted by Gasteiger charge is -2.23. The highest BCUT2D eigenvalue weighted by Gasteiger charge is 2.27. The molecule has 2 rings (SSSR count). The van der Waals surface area contributed by atoms with Crippen molar-refractivity contribution < 1.29 is 27.8 Å². The minimum Gasteiger partial charge on any atom is -0.497 e. The topological polar surface area (TPSA) is 93.1 Å². The number of anilines is 1. The Kier molecular flexibility index (Phi) is 5.87. The summed E-state index contributed by atoms with van der Waals surface area (Å²) in [5.74, 6) is -0.181. The van der Waals surface area contributed by atoms with E-state index in [1.807, 2.05) is 6.92 Å². The van der Waals surface area contributed by atoms with E-state index in [1.54, 1.807) is 12.1 Å². The van der Waals surface area contributed by atoms with Crippen LogP contribution < -0.4 is 13.8 Å². The molecule has 0 aliphatic rings. The van der Waals surface area contributed by atoms with Gasteiger partial charge in [0.15, 0.2) is 0 Å². The van der Waals surface area contributed by atoms with Crippen molar-refractivity contribution in [1.82, 2.24) is 0 Å². The molecule has 2 aromatic rings. The highest BCUT2D eigenvalue weighted by atomic mass is 32.2. The maximum Gasteiger partial charge on any atom is 0.324 e. The van der Waals surface area contributed by atoms with Crippen LogP contribution in [0, 0.1) is 0 Å². The number of sulfonamides is 1. The SMILES string of the molecule is CCOc1ccc(N(CC(=O)O)S(=O)(=O)c2ccc(OC)cc2)cc1. The summed E-state index contributed by atoms with van der Waals surface area (Å²) in [6.45, 7) is 1.61. The first kappa shape index (κ1) is 18.6. The van der Waals surface area contributed by atoms with Crippen molar-refractivity contribution in [3.8, 4) is 11.5 Å². The number of rotatable bonds is 8. The second kappa shape index (κ2) is 7.89. The first-order chi connectivity index (χ1) is 11.9. The number of benzene rings is 2. The third-order valence-electron chi connectivity index (χ3n) is 3.36. The van der Waals surface area contributed by atoms with Crippen molar-refractivity contribution in [1.29, 1.82) is 0 Å². The molecule has 0 spiro atoms. The predicted octanol–water partition coefficient (Wildman–Crippen LogP) is 2.37. The molecule has 1 N–H and O–H groups in total. The van der Waals surface area contributed by atoms with Crippen LogP contribution in [0.1, 0.15) is 6.92 Å². The Morgan fingerprint density at radius 1 is 1.04 bits per heavy atom. The van der Waals surface area contributed by atoms with E-state index >= 15 is 0 Å². The molecule has 0 aliphatic heterocycles. The molecular weight excluding hydrogens is 346 g/mol. The van der Waals surface area contributed by atoms with Gasteiger partial charge in [-0.1, -0.05) is 0 Å². The Morgan fingerprint density at radius 3 is 2.08 bits per heavy atom. The van der Waals surface area contributed by atoms with Crippen molar-refractivity contribution in [2.24, 2.45) is 0 Å². The molecule has 0 amide bonds. The molecule has 0 aromatic heterocycles. The van der Waals surface area contributed by atoms with Crippen LogP contribution in [0.3, 0.4) is 0 Å². The van der Waals surface area contributed by atoms with Gasteiger partial charge in [0.2, 0.25) is 0 Å². The van der Waals surface area contributed by atoms with Gasteiger partial charge in [0.25, 0.3) is 10.0 Å². The normalized spacial score (nSPS) is 11.0. The largest absolute Gasteiger partial charge is 0.497 e. The molecule has 25 heavy (non-hydrogen) atoms. The smallest absolute Gasteiger partial charge is 0.324 e. The third kappa shape index (κ3) is 4.42. The summed E-state index contributed by atoms with van der Waals surface area (Å²) in [4.78, 5) is 11.2. The number of carboxylic acid groups (broad SMARTS) is 1. The van der Waals surface area contributed by atoms with Gasteiger partial charge in [-0.15, -0.1) is 0 Å². The highest BCUT2D eigenvalue weighted by Crippen LogP contribution is 2.26. The first-order valence-electron chi connectivity index (χ1n) is 7.50. The third-order valence-corrected chi connectivity index (χ3v) is 5.15. The summed E-state index contributed by atoms with van der Waals surface area (Å²) >= 11 is 0. The molecular formula is C17H19NO6S. The molecule has 134 valence electrons. The second-order valence-electron chi connectivity index (χ2n) is 5.01. The molecule has 0 aliphatic carbocycles. The van der Waals surface area contributed by atoms with E-state index in [2.05, 4.69) is 0 Å². The second-order valence-corrected chi connectivity index (χ2v) is 6.87. The van der Waals surface area contributed by atoms with Crippen molar-refractivity contribution in [3.63, 3.8) is 0 Å². The molecule has 0 saturated carbocycles. The van der Waals surface area contributed by atoms with E-state index < -0.39 is 22.5 Å². The molecule has 0 bridgehead atoms. The lowest BCUT2D eigenvalue weighted by atomic mass is 10.3. The number of hydrogen-bond donors (Lipinski definition) is 1. The number of methoxy groups -OCH3 is 1. The first-order valence-corrected chi connectivity index (χ1v) is 8.94. The fourth-order valence-electron chi connectivity index (χ4n) is 2.19. The Labute approximate surface area is 146 Å². The maximum atomic E-state index is 12.9. The zero-order valence-corrected chi connectivity index (χ0v) is 14.7. The average molecular weight is 365 g/mol. The monoisotopic (exact) mass is 365 g/mol. The Hall–Kier alpha value is -2.74. The Bertz CT molecular complexity index is 815. The molecule has 0 atom stereocenters. The summed E-state index contributed by atoms with van der Waals surface area (Å²) in [6, 6.07) is 12.0. The number of carboxylic acids is 1. The van der Waals surface area contributed by atoms with Gasteiger partial charge in [-0.05, 0) is 55.5 Å². The summed E-state index contributed by atoms with van der Waals surface area (Å²) in [7, 11) is -2.57. The Balaban J connectivity index is 2.42. The summed E-state index contributed by atoms with van der Waals surface area (Å²) in [6.07, 6.45) is 0. The molecule has 7 nitrogen and oxygen atoms in total. The molecule has 0 fully saturated rings. The van der Waals surface area contributed by atoms with E-state index in [9.17, 15) is 13.2 Å². The minimum absolute atomic E-state index is 0.0246. The lowest BCUT2D eigenvalue weighted by molar-refractivity contribution is -0.135. The number of ether oxygens (including phenoxy) is 2. The Morgan fingerprint density at radius 2 is 1.60 bits per heavy atom. The van der Waals surface area contributed by atoms with Crippen LogP contribution in [0.25, 0.3) is 0 Å². The van der Waals surface area contributed by atoms with Gasteiger partial charge in [0.05, 0.1) is 24.3 Å². The zero-order chi connectivity index (χ0) is 18.4. The standard InChI is InChI=1S/C17H19NO6S/c1-3-24-15-6-4-13(5-7-15)18(12-17(19)20)25(21,22)16-10-8-14(23-2)9-11-16/h4-11H,3,12H2,1-2H3,(H,19,20). The van der Waals surface area contributed by atoms with Crippen molar-refractivity contribution >= 4 is 21.7 Å². The average Bonchev–Trinajstić information content (AvgIpc) is 2.60. The van der Waals surface area contributed by atoms with Gasteiger partial charge < -0.3 is 14.6 Å². The van der Waals surface area contributed by atoms with Crippen LogP contribution in [0.5, 0.6) is 11.5 Å². The predicted molar refractivity (Wildman–Crippen MR) is 92.8 cm³/mol. The van der Waals surface area contributed by atoms with Gasteiger partial charge in [0.1, 0.15) is 18.0 Å². The summed E-state index contributed by atoms with van der Waals surface area (Å²) in [5.41, 5.74) is 0.238. The van der Waals surface area contributed by atoms with Crippen molar-refractivity contribution in [3.05, 3.63) is 48.5 Å². The summed E-state index contributed by atoms with van der Waals surface area (Å²) in [5, 5.41) is 9.13. The quantitative estimate of drug-likeness (QED) is 0.772. The number of aliphatic carboxylic acids is 1. The maximum absolute atomic E-state index is 12.9. The van der Waals surface area contributed by atoms with E-state index in [0.717, 1.165) is 4.31 Å². The molecule has 8 heteroatoms. The van der Waals surface area contributed by atoms with Crippen LogP contribution in [-0.2, 0) is 14.8 Å². The van der Waals surface area contributed by atoms with Gasteiger partial charge in [-0.25, -0.2) is 8.42 Å². The van der Waals surface area contributed by atoms with Gasteiger partial charge in [0, 0.05) is 0 Å². The van der Waals surface area contributed by atoms with Crippen LogP contribution in [0.4, 0.5) is 5.69 Å². The fourth-order valence-corrected chi connectivity index (χ4v) is 3.60. The molecule has 0 unspecified atom stereocenters. The van der Waals surface area contributed by atoms with E-state index in [0.29, 0.717) is 18.1 Å². The van der Waals surface area contributed by atoms with E-state index in [4.69, 9.17) is 14.6 Å². The van der Waals surface area contributed by atoms with Crippen molar-refractivity contribution in [2.45, 2.75) is 11.8 Å². The van der Waals surface area contributed by atoms with Gasteiger partial charge >= 0.3 is 5.97 Å². The minimum atomic E-state index is -4.04. The fraction of sp³-hybridized carbons (Fsp3) is 0.235. The number of nitrogens with zero attached hydrogens (tertiary/aromatic N) is 1. The molecule has 0 heterocycles. The van der Waals surface area contributed by atoms with Crippen molar-refractivity contribution in [2.75, 3.05) is 24.6 Å². The van der Waals surface area contributed by atoms with Gasteiger partial charge in [-0.2, -0.15) is 0 Å². The lowest BCUT2D eigenvalue weighted by Crippen LogP contribution is -2.35. The number of hydrogen-bond acceptors (Lipinski definition) is 5. The van der Waals surface area contributed by atoms with Crippen LogP contribution in [0.2, 0.25) is 0 Å². The molecule has 2 aromatic carbocycles. The highest BCUT2D eigenvalue weighted by molar-refractivity contribution is 7.92. The molecule has 0 saturated heterocycles. The van der Waals surface area contributed by atoms with Crippen LogP contribution in [0.15, 0.2) is 53.4 Å². The van der Waals surface area contributed by atoms with Gasteiger partial charge in [-0.3, -0.25) is 9.10 Å². The molecule has 0 radical (unpaired) electrons. The van der Waals surface area contributed by atoms with Crippen LogP contribution in [-0.4, -0.2) is 39.8 Å². The zero-order valence-electron chi connectivity index (χ0n) is 13.9.